The highest BCUT2D eigenvalue weighted by atomic mass is 16.5. The van der Waals surface area contributed by atoms with Crippen molar-refractivity contribution < 1.29 is 14.6 Å². The van der Waals surface area contributed by atoms with Gasteiger partial charge in [-0.25, -0.2) is 4.68 Å². The van der Waals surface area contributed by atoms with Crippen LogP contribution >= 0.6 is 0 Å². The van der Waals surface area contributed by atoms with E-state index in [1.54, 1.807) is 16.8 Å². The van der Waals surface area contributed by atoms with Gasteiger partial charge in [0.2, 0.25) is 5.95 Å². The number of ether oxygens (including phenoxy) is 1. The summed E-state index contributed by atoms with van der Waals surface area (Å²) in [5.41, 5.74) is 2.07. The Bertz CT molecular complexity index is 1010. The third kappa shape index (κ3) is 5.01. The van der Waals surface area contributed by atoms with E-state index in [2.05, 4.69) is 30.9 Å². The number of aliphatic hydroxyl groups excluding tert-OH is 1. The third-order valence-corrected chi connectivity index (χ3v) is 4.48. The molecule has 30 heavy (non-hydrogen) atoms. The Balaban J connectivity index is 1.91. The van der Waals surface area contributed by atoms with E-state index in [0.717, 1.165) is 12.0 Å². The second-order valence-corrected chi connectivity index (χ2v) is 7.22. The minimum absolute atomic E-state index is 0.0225. The van der Waals surface area contributed by atoms with Crippen LogP contribution in [-0.4, -0.2) is 48.7 Å². The number of fused-ring (bicyclic) bond motifs is 1. The van der Waals surface area contributed by atoms with Crippen molar-refractivity contribution in [1.29, 1.82) is 0 Å². The molecule has 2 heterocycles. The zero-order chi connectivity index (χ0) is 21.7. The smallest absolute Gasteiger partial charge is 0.308 e. The van der Waals surface area contributed by atoms with Gasteiger partial charge in [-0.3, -0.25) is 4.79 Å². The number of hydrogen-bond acceptors (Lipinski definition) is 9. The summed E-state index contributed by atoms with van der Waals surface area (Å²) < 4.78 is 6.87. The van der Waals surface area contributed by atoms with Gasteiger partial charge in [-0.2, -0.15) is 9.97 Å². The Kier molecular flexibility index (Phi) is 6.78. The topological polar surface area (TPSA) is 127 Å². The van der Waals surface area contributed by atoms with Crippen LogP contribution in [0.4, 0.5) is 11.8 Å². The van der Waals surface area contributed by atoms with Crippen LogP contribution in [-0.2, 0) is 11.3 Å². The first-order valence-electron chi connectivity index (χ1n) is 9.92. The summed E-state index contributed by atoms with van der Waals surface area (Å²) >= 11 is 0. The number of aromatic nitrogens is 5. The van der Waals surface area contributed by atoms with Crippen LogP contribution in [0.15, 0.2) is 24.3 Å². The second kappa shape index (κ2) is 9.49. The highest BCUT2D eigenvalue weighted by Crippen LogP contribution is 2.23. The predicted molar refractivity (Wildman–Crippen MR) is 113 cm³/mol. The van der Waals surface area contributed by atoms with Gasteiger partial charge < -0.3 is 20.5 Å². The van der Waals surface area contributed by atoms with Gasteiger partial charge in [0.05, 0.1) is 18.7 Å². The van der Waals surface area contributed by atoms with Crippen molar-refractivity contribution >= 4 is 28.9 Å². The Morgan fingerprint density at radius 1 is 1.30 bits per heavy atom. The lowest BCUT2D eigenvalue weighted by atomic mass is 10.2. The summed E-state index contributed by atoms with van der Waals surface area (Å²) in [5, 5.41) is 24.4. The van der Waals surface area contributed by atoms with Gasteiger partial charge in [-0.15, -0.1) is 5.10 Å². The number of esters is 1. The van der Waals surface area contributed by atoms with Crippen LogP contribution in [0.1, 0.15) is 45.7 Å². The van der Waals surface area contributed by atoms with E-state index in [0.29, 0.717) is 35.2 Å². The van der Waals surface area contributed by atoms with E-state index in [1.165, 1.54) is 6.92 Å². The standard InChI is InChI=1S/C20H27N7O3/c1-5-15(11-28)22-20-23-18(17-19(24-20)27(12(2)3)26-25-17)21-10-14-7-6-8-16(9-14)30-13(4)29/h6-9,12,15,28H,5,10-11H2,1-4H3,(H2,21,22,23,24). The molecule has 2 aromatic heterocycles. The zero-order valence-corrected chi connectivity index (χ0v) is 17.6. The number of hydrogen-bond donors (Lipinski definition) is 3. The minimum Gasteiger partial charge on any atom is -0.427 e. The van der Waals surface area contributed by atoms with E-state index in [1.807, 2.05) is 32.9 Å². The maximum absolute atomic E-state index is 11.2. The molecular weight excluding hydrogens is 386 g/mol. The fourth-order valence-electron chi connectivity index (χ4n) is 2.90. The minimum atomic E-state index is -0.368. The number of benzene rings is 1. The van der Waals surface area contributed by atoms with Gasteiger partial charge in [0.1, 0.15) is 5.75 Å². The molecule has 0 bridgehead atoms. The summed E-state index contributed by atoms with van der Waals surface area (Å²) in [4.78, 5) is 20.3. The van der Waals surface area contributed by atoms with Crippen molar-refractivity contribution in [3.05, 3.63) is 29.8 Å². The molecule has 0 aliphatic heterocycles. The quantitative estimate of drug-likeness (QED) is 0.358. The average molecular weight is 413 g/mol. The van der Waals surface area contributed by atoms with Crippen LogP contribution in [0.5, 0.6) is 5.75 Å². The number of carbonyl (C=O) groups is 1. The molecule has 0 fully saturated rings. The fraction of sp³-hybridized carbons (Fsp3) is 0.450. The molecule has 0 radical (unpaired) electrons. The van der Waals surface area contributed by atoms with Crippen molar-refractivity contribution in [3.8, 4) is 5.75 Å². The molecule has 0 spiro atoms. The number of rotatable bonds is 9. The normalized spacial score (nSPS) is 12.2. The highest BCUT2D eigenvalue weighted by Gasteiger charge is 2.17. The van der Waals surface area contributed by atoms with Crippen molar-refractivity contribution in [2.45, 2.75) is 52.7 Å². The first-order chi connectivity index (χ1) is 14.4. The second-order valence-electron chi connectivity index (χ2n) is 7.22. The van der Waals surface area contributed by atoms with Gasteiger partial charge in [-0.05, 0) is 38.0 Å². The SMILES string of the molecule is CCC(CO)Nc1nc(NCc2cccc(OC(C)=O)c2)c2nnn(C(C)C)c2n1. The Morgan fingerprint density at radius 2 is 2.10 bits per heavy atom. The van der Waals surface area contributed by atoms with Crippen LogP contribution in [0.3, 0.4) is 0 Å². The molecule has 1 atom stereocenters. The predicted octanol–water partition coefficient (Wildman–Crippen LogP) is 2.52. The Hall–Kier alpha value is -3.27. The van der Waals surface area contributed by atoms with Crippen molar-refractivity contribution in [2.75, 3.05) is 17.2 Å². The first kappa shape index (κ1) is 21.4. The summed E-state index contributed by atoms with van der Waals surface area (Å²) in [6.45, 7) is 7.75. The fourth-order valence-corrected chi connectivity index (χ4v) is 2.90. The van der Waals surface area contributed by atoms with E-state index >= 15 is 0 Å². The zero-order valence-electron chi connectivity index (χ0n) is 17.6. The monoisotopic (exact) mass is 413 g/mol. The molecule has 160 valence electrons. The maximum atomic E-state index is 11.2. The molecule has 3 rings (SSSR count). The number of nitrogens with zero attached hydrogens (tertiary/aromatic N) is 5. The molecule has 0 saturated heterocycles. The molecular formula is C20H27N7O3. The Morgan fingerprint density at radius 3 is 2.77 bits per heavy atom. The molecule has 10 heteroatoms. The molecule has 1 aromatic carbocycles. The Labute approximate surface area is 174 Å². The summed E-state index contributed by atoms with van der Waals surface area (Å²) in [5.74, 6) is 1.04. The lowest BCUT2D eigenvalue weighted by Gasteiger charge is -2.15. The summed E-state index contributed by atoms with van der Waals surface area (Å²) in [6.07, 6.45) is 0.727. The van der Waals surface area contributed by atoms with Gasteiger partial charge >= 0.3 is 5.97 Å². The molecule has 3 N–H and O–H groups in total. The highest BCUT2D eigenvalue weighted by molar-refractivity contribution is 5.83. The van der Waals surface area contributed by atoms with E-state index in [-0.39, 0.29) is 24.7 Å². The van der Waals surface area contributed by atoms with Crippen LogP contribution in [0.2, 0.25) is 0 Å². The average Bonchev–Trinajstić information content (AvgIpc) is 3.14. The van der Waals surface area contributed by atoms with E-state index < -0.39 is 0 Å². The lowest BCUT2D eigenvalue weighted by Crippen LogP contribution is -2.24. The molecule has 0 amide bonds. The molecule has 10 nitrogen and oxygen atoms in total. The van der Waals surface area contributed by atoms with E-state index in [9.17, 15) is 9.90 Å². The van der Waals surface area contributed by atoms with Crippen LogP contribution in [0, 0.1) is 0 Å². The maximum Gasteiger partial charge on any atom is 0.308 e. The molecule has 0 aliphatic carbocycles. The van der Waals surface area contributed by atoms with Crippen LogP contribution in [0.25, 0.3) is 11.2 Å². The van der Waals surface area contributed by atoms with Crippen molar-refractivity contribution in [3.63, 3.8) is 0 Å². The van der Waals surface area contributed by atoms with Gasteiger partial charge in [0.15, 0.2) is 17.0 Å². The number of anilines is 2. The van der Waals surface area contributed by atoms with Gasteiger partial charge in [0.25, 0.3) is 0 Å². The number of nitrogens with one attached hydrogen (secondary N) is 2. The molecule has 0 saturated carbocycles. The summed E-state index contributed by atoms with van der Waals surface area (Å²) in [7, 11) is 0. The largest absolute Gasteiger partial charge is 0.427 e. The number of carbonyl (C=O) groups excluding carboxylic acids is 1. The summed E-state index contributed by atoms with van der Waals surface area (Å²) in [6, 6.07) is 7.17. The van der Waals surface area contributed by atoms with E-state index in [4.69, 9.17) is 4.74 Å². The lowest BCUT2D eigenvalue weighted by molar-refractivity contribution is -0.131. The van der Waals surface area contributed by atoms with Gasteiger partial charge in [0, 0.05) is 13.5 Å². The molecule has 1 unspecified atom stereocenters. The van der Waals surface area contributed by atoms with Crippen molar-refractivity contribution in [2.24, 2.45) is 0 Å². The van der Waals surface area contributed by atoms with Gasteiger partial charge in [-0.1, -0.05) is 24.3 Å². The van der Waals surface area contributed by atoms with Crippen molar-refractivity contribution in [1.82, 2.24) is 25.0 Å². The third-order valence-electron chi connectivity index (χ3n) is 4.48. The molecule has 3 aromatic rings. The number of aliphatic hydroxyl groups is 1. The first-order valence-corrected chi connectivity index (χ1v) is 9.92. The van der Waals surface area contributed by atoms with Crippen LogP contribution < -0.4 is 15.4 Å². The molecule has 0 aliphatic rings.